The third-order valence-corrected chi connectivity index (χ3v) is 9.29. The average Bonchev–Trinajstić information content (AvgIpc) is 2.89. The zero-order valence-corrected chi connectivity index (χ0v) is 22.7. The molecular formula is C27H37N7O2S. The average molecular weight is 524 g/mol. The molecule has 1 aromatic heterocycles. The number of nitrogens with one attached hydrogen (secondary N) is 2. The quantitative estimate of drug-likeness (QED) is 0.485. The molecule has 37 heavy (non-hydrogen) atoms. The molecule has 2 aromatic carbocycles. The lowest BCUT2D eigenvalue weighted by molar-refractivity contribution is 0.177. The molecule has 0 amide bonds. The van der Waals surface area contributed by atoms with E-state index in [1.807, 2.05) is 37.4 Å². The molecule has 2 aliphatic rings. The topological polar surface area (TPSA) is 93.7 Å². The summed E-state index contributed by atoms with van der Waals surface area (Å²) in [6, 6.07) is 15.8. The lowest BCUT2D eigenvalue weighted by atomic mass is 10.0. The highest BCUT2D eigenvalue weighted by Crippen LogP contribution is 2.27. The predicted octanol–water partition coefficient (Wildman–Crippen LogP) is 3.59. The molecule has 2 N–H and O–H groups in total. The zero-order valence-electron chi connectivity index (χ0n) is 21.9. The number of hydrogen-bond acceptors (Lipinski definition) is 8. The van der Waals surface area contributed by atoms with Gasteiger partial charge in [-0.15, -0.1) is 0 Å². The highest BCUT2D eigenvalue weighted by molar-refractivity contribution is 7.89. The number of likely N-dealkylation sites (tertiary alicyclic amines) is 1. The van der Waals surface area contributed by atoms with Crippen LogP contribution in [0.2, 0.25) is 0 Å². The van der Waals surface area contributed by atoms with Gasteiger partial charge in [0.25, 0.3) is 0 Å². The van der Waals surface area contributed by atoms with Gasteiger partial charge in [-0.05, 0) is 64.1 Å². The van der Waals surface area contributed by atoms with Crippen LogP contribution in [0.15, 0.2) is 53.4 Å². The third kappa shape index (κ3) is 5.87. The Bertz CT molecular complexity index is 1330. The molecule has 5 rings (SSSR count). The molecule has 10 heteroatoms. The Morgan fingerprint density at radius 3 is 2.38 bits per heavy atom. The molecule has 0 bridgehead atoms. The lowest BCUT2D eigenvalue weighted by Crippen LogP contribution is -2.47. The smallest absolute Gasteiger partial charge is 0.243 e. The maximum absolute atomic E-state index is 13.2. The van der Waals surface area contributed by atoms with E-state index in [1.54, 1.807) is 22.5 Å². The number of nitrogens with zero attached hydrogens (tertiary/aromatic N) is 5. The van der Waals surface area contributed by atoms with Crippen LogP contribution in [0.3, 0.4) is 0 Å². The van der Waals surface area contributed by atoms with Crippen LogP contribution in [-0.2, 0) is 10.0 Å². The molecule has 3 heterocycles. The summed E-state index contributed by atoms with van der Waals surface area (Å²) in [4.78, 5) is 14.5. The Labute approximate surface area is 219 Å². The molecule has 9 nitrogen and oxygen atoms in total. The molecule has 0 atom stereocenters. The number of fused-ring (bicyclic) bond motifs is 1. The van der Waals surface area contributed by atoms with E-state index < -0.39 is 10.0 Å². The SMILES string of the molecule is CC(C)N1CCC(Nc2nc(Nc3cccc(S(=O)(=O)N4CCN(C)CC4)c3)nc3ccccc23)CC1. The predicted molar refractivity (Wildman–Crippen MR) is 149 cm³/mol. The Kier molecular flexibility index (Phi) is 7.62. The van der Waals surface area contributed by atoms with Gasteiger partial charge >= 0.3 is 0 Å². The largest absolute Gasteiger partial charge is 0.367 e. The number of sulfonamides is 1. The fourth-order valence-electron chi connectivity index (χ4n) is 5.04. The van der Waals surface area contributed by atoms with Gasteiger partial charge in [0, 0.05) is 62.4 Å². The van der Waals surface area contributed by atoms with Crippen molar-refractivity contribution in [2.24, 2.45) is 0 Å². The first kappa shape index (κ1) is 25.8. The van der Waals surface area contributed by atoms with Crippen LogP contribution >= 0.6 is 0 Å². The molecule has 2 aliphatic heterocycles. The molecule has 0 saturated carbocycles. The van der Waals surface area contributed by atoms with Crippen LogP contribution in [0.25, 0.3) is 10.9 Å². The maximum atomic E-state index is 13.2. The third-order valence-electron chi connectivity index (χ3n) is 7.39. The fraction of sp³-hybridized carbons (Fsp3) is 0.481. The van der Waals surface area contributed by atoms with Crippen LogP contribution in [0.5, 0.6) is 0 Å². The Balaban J connectivity index is 1.37. The van der Waals surface area contributed by atoms with E-state index in [0.29, 0.717) is 36.8 Å². The van der Waals surface area contributed by atoms with Gasteiger partial charge in [-0.25, -0.2) is 13.4 Å². The van der Waals surface area contributed by atoms with Crippen molar-refractivity contribution in [3.8, 4) is 0 Å². The van der Waals surface area contributed by atoms with Crippen LogP contribution in [0.1, 0.15) is 26.7 Å². The fourth-order valence-corrected chi connectivity index (χ4v) is 6.51. The van der Waals surface area contributed by atoms with Gasteiger partial charge in [-0.3, -0.25) is 0 Å². The van der Waals surface area contributed by atoms with Gasteiger partial charge < -0.3 is 20.4 Å². The molecule has 2 saturated heterocycles. The minimum absolute atomic E-state index is 0.276. The standard InChI is InChI=1S/C27H37N7O2S/c1-20(2)33-13-11-21(12-14-33)28-26-24-9-4-5-10-25(24)30-27(31-26)29-22-7-6-8-23(19-22)37(35,36)34-17-15-32(3)16-18-34/h4-10,19-21H,11-18H2,1-3H3,(H2,28,29,30,31). The van der Waals surface area contributed by atoms with Gasteiger partial charge in [0.2, 0.25) is 16.0 Å². The minimum atomic E-state index is -3.56. The normalized spacial score (nSPS) is 18.9. The molecule has 0 radical (unpaired) electrons. The van der Waals surface area contributed by atoms with Gasteiger partial charge in [0.15, 0.2) is 0 Å². The van der Waals surface area contributed by atoms with Crippen molar-refractivity contribution < 1.29 is 8.42 Å². The van der Waals surface area contributed by atoms with Crippen molar-refractivity contribution in [1.29, 1.82) is 0 Å². The second-order valence-corrected chi connectivity index (χ2v) is 12.3. The Morgan fingerprint density at radius 1 is 0.919 bits per heavy atom. The first-order valence-electron chi connectivity index (χ1n) is 13.1. The van der Waals surface area contributed by atoms with E-state index in [9.17, 15) is 8.42 Å². The van der Waals surface area contributed by atoms with Gasteiger partial charge in [-0.1, -0.05) is 18.2 Å². The van der Waals surface area contributed by atoms with Crippen molar-refractivity contribution in [3.63, 3.8) is 0 Å². The number of anilines is 3. The number of rotatable bonds is 7. The lowest BCUT2D eigenvalue weighted by Gasteiger charge is -2.35. The summed E-state index contributed by atoms with van der Waals surface area (Å²) in [6.07, 6.45) is 2.12. The van der Waals surface area contributed by atoms with E-state index in [0.717, 1.165) is 55.7 Å². The highest BCUT2D eigenvalue weighted by atomic mass is 32.2. The second kappa shape index (κ2) is 10.9. The van der Waals surface area contributed by atoms with Gasteiger partial charge in [-0.2, -0.15) is 9.29 Å². The summed E-state index contributed by atoms with van der Waals surface area (Å²) >= 11 is 0. The number of benzene rings is 2. The summed E-state index contributed by atoms with van der Waals surface area (Å²) < 4.78 is 28.1. The molecule has 0 aliphatic carbocycles. The van der Waals surface area contributed by atoms with Crippen LogP contribution < -0.4 is 10.6 Å². The van der Waals surface area contributed by atoms with Gasteiger partial charge in [0.05, 0.1) is 10.4 Å². The summed E-state index contributed by atoms with van der Waals surface area (Å²) in [6.45, 7) is 9.08. The Morgan fingerprint density at radius 2 is 1.65 bits per heavy atom. The van der Waals surface area contributed by atoms with Crippen LogP contribution in [0.4, 0.5) is 17.5 Å². The Hall–Kier alpha value is -2.79. The number of piperidine rings is 1. The minimum Gasteiger partial charge on any atom is -0.367 e. The van der Waals surface area contributed by atoms with E-state index >= 15 is 0 Å². The maximum Gasteiger partial charge on any atom is 0.243 e. The summed E-state index contributed by atoms with van der Waals surface area (Å²) in [7, 11) is -1.55. The zero-order chi connectivity index (χ0) is 26.0. The number of piperazine rings is 1. The highest BCUT2D eigenvalue weighted by Gasteiger charge is 2.28. The molecule has 0 spiro atoms. The van der Waals surface area contributed by atoms with Gasteiger partial charge in [0.1, 0.15) is 5.82 Å². The van der Waals surface area contributed by atoms with Crippen molar-refractivity contribution in [2.75, 3.05) is 56.9 Å². The van der Waals surface area contributed by atoms with Crippen LogP contribution in [-0.4, -0.2) is 90.9 Å². The molecule has 3 aromatic rings. The van der Waals surface area contributed by atoms with E-state index in [2.05, 4.69) is 34.3 Å². The summed E-state index contributed by atoms with van der Waals surface area (Å²) in [5.74, 6) is 1.24. The van der Waals surface area contributed by atoms with Crippen molar-refractivity contribution >= 4 is 38.4 Å². The van der Waals surface area contributed by atoms with Crippen LogP contribution in [0, 0.1) is 0 Å². The first-order valence-corrected chi connectivity index (χ1v) is 14.6. The van der Waals surface area contributed by atoms with Crippen molar-refractivity contribution in [3.05, 3.63) is 48.5 Å². The summed E-state index contributed by atoms with van der Waals surface area (Å²) in [5.41, 5.74) is 1.48. The van der Waals surface area contributed by atoms with E-state index in [4.69, 9.17) is 9.97 Å². The molecule has 0 unspecified atom stereocenters. The van der Waals surface area contributed by atoms with E-state index in [-0.39, 0.29) is 4.90 Å². The molecule has 198 valence electrons. The number of likely N-dealkylation sites (N-methyl/N-ethyl adjacent to an activating group) is 1. The number of para-hydroxylation sites is 1. The van der Waals surface area contributed by atoms with E-state index in [1.165, 1.54) is 0 Å². The second-order valence-electron chi connectivity index (χ2n) is 10.3. The monoisotopic (exact) mass is 523 g/mol. The number of aromatic nitrogens is 2. The summed E-state index contributed by atoms with van der Waals surface area (Å²) in [5, 5.41) is 7.90. The first-order chi connectivity index (χ1) is 17.8. The van der Waals surface area contributed by atoms with Crippen molar-refractivity contribution in [2.45, 2.75) is 43.7 Å². The van der Waals surface area contributed by atoms with Crippen molar-refractivity contribution in [1.82, 2.24) is 24.1 Å². The number of hydrogen-bond donors (Lipinski definition) is 2. The molecular weight excluding hydrogens is 486 g/mol. The molecule has 2 fully saturated rings.